The van der Waals surface area contributed by atoms with Gasteiger partial charge in [-0.25, -0.2) is 0 Å². The molecule has 2 rings (SSSR count). The van der Waals surface area contributed by atoms with Crippen LogP contribution in [0.4, 0.5) is 0 Å². The summed E-state index contributed by atoms with van der Waals surface area (Å²) in [5.41, 5.74) is 0.926. The summed E-state index contributed by atoms with van der Waals surface area (Å²) in [5.74, 6) is -0.290. The molecule has 1 saturated heterocycles. The highest BCUT2D eigenvalue weighted by atomic mass is 16.5. The van der Waals surface area contributed by atoms with Crippen LogP contribution in [-0.2, 0) is 20.9 Å². The molecular weight excluding hydrogens is 308 g/mol. The topological polar surface area (TPSA) is 83.6 Å². The van der Waals surface area contributed by atoms with Gasteiger partial charge in [0.25, 0.3) is 0 Å². The first-order valence-corrected chi connectivity index (χ1v) is 8.47. The van der Waals surface area contributed by atoms with Gasteiger partial charge < -0.3 is 20.3 Å². The number of nitrogens with one attached hydrogen (secondary N) is 2. The smallest absolute Gasteiger partial charge is 0.249 e. The monoisotopic (exact) mass is 334 g/mol. The lowest BCUT2D eigenvalue weighted by Gasteiger charge is -2.35. The third-order valence-electron chi connectivity index (χ3n) is 3.92. The number of pyridine rings is 1. The number of amides is 2. The van der Waals surface area contributed by atoms with Crippen molar-refractivity contribution in [3.8, 4) is 0 Å². The van der Waals surface area contributed by atoms with Crippen LogP contribution in [0.3, 0.4) is 0 Å². The van der Waals surface area contributed by atoms with Crippen molar-refractivity contribution in [2.75, 3.05) is 32.8 Å². The molecule has 2 heterocycles. The van der Waals surface area contributed by atoms with Crippen LogP contribution in [0.25, 0.3) is 0 Å². The van der Waals surface area contributed by atoms with E-state index in [1.54, 1.807) is 17.3 Å². The molecule has 0 aromatic carbocycles. The van der Waals surface area contributed by atoms with Crippen LogP contribution in [0.1, 0.15) is 25.3 Å². The van der Waals surface area contributed by atoms with Crippen LogP contribution in [0.2, 0.25) is 0 Å². The Morgan fingerprint density at radius 3 is 3.12 bits per heavy atom. The second kappa shape index (κ2) is 10.00. The molecule has 1 fully saturated rings. The van der Waals surface area contributed by atoms with Crippen molar-refractivity contribution in [2.24, 2.45) is 0 Å². The van der Waals surface area contributed by atoms with Crippen LogP contribution < -0.4 is 10.6 Å². The number of aromatic nitrogens is 1. The lowest BCUT2D eigenvalue weighted by atomic mass is 10.1. The number of unbranched alkanes of at least 4 members (excludes halogenated alkanes) is 1. The molecule has 2 N–H and O–H groups in total. The van der Waals surface area contributed by atoms with E-state index in [1.165, 1.54) is 0 Å². The third-order valence-corrected chi connectivity index (χ3v) is 3.92. The number of piperazine rings is 1. The maximum atomic E-state index is 12.5. The second-order valence-corrected chi connectivity index (χ2v) is 5.79. The predicted molar refractivity (Wildman–Crippen MR) is 90.2 cm³/mol. The maximum absolute atomic E-state index is 12.5. The highest BCUT2D eigenvalue weighted by Gasteiger charge is 2.31. The molecule has 0 radical (unpaired) electrons. The molecule has 1 atom stereocenters. The van der Waals surface area contributed by atoms with Gasteiger partial charge in [-0.1, -0.05) is 19.4 Å². The van der Waals surface area contributed by atoms with E-state index in [9.17, 15) is 9.59 Å². The molecular formula is C17H26N4O3. The molecule has 132 valence electrons. The van der Waals surface area contributed by atoms with Gasteiger partial charge in [0.1, 0.15) is 12.6 Å². The summed E-state index contributed by atoms with van der Waals surface area (Å²) >= 11 is 0. The first kappa shape index (κ1) is 18.4. The first-order chi connectivity index (χ1) is 11.7. The molecule has 7 nitrogen and oxygen atoms in total. The minimum atomic E-state index is -0.502. The Bertz CT molecular complexity index is 524. The van der Waals surface area contributed by atoms with Crippen LogP contribution in [0, 0.1) is 0 Å². The summed E-state index contributed by atoms with van der Waals surface area (Å²) < 4.78 is 5.39. The Hall–Kier alpha value is -1.99. The number of hydrogen-bond acceptors (Lipinski definition) is 5. The molecule has 0 unspecified atom stereocenters. The minimum Gasteiger partial charge on any atom is -0.372 e. The van der Waals surface area contributed by atoms with Crippen molar-refractivity contribution in [3.63, 3.8) is 0 Å². The van der Waals surface area contributed by atoms with Gasteiger partial charge in [0.05, 0.1) is 0 Å². The van der Waals surface area contributed by atoms with Gasteiger partial charge in [0.15, 0.2) is 0 Å². The van der Waals surface area contributed by atoms with Crippen molar-refractivity contribution < 1.29 is 14.3 Å². The average molecular weight is 334 g/mol. The highest BCUT2D eigenvalue weighted by Crippen LogP contribution is 2.06. The molecule has 1 aromatic heterocycles. The van der Waals surface area contributed by atoms with E-state index in [0.717, 1.165) is 18.4 Å². The quantitative estimate of drug-likeness (QED) is 0.669. The summed E-state index contributed by atoms with van der Waals surface area (Å²) in [7, 11) is 0. The number of nitrogens with zero attached hydrogens (tertiary/aromatic N) is 2. The molecule has 1 aliphatic heterocycles. The molecule has 0 aliphatic carbocycles. The van der Waals surface area contributed by atoms with Gasteiger partial charge in [-0.3, -0.25) is 14.6 Å². The van der Waals surface area contributed by atoms with Gasteiger partial charge in [-0.2, -0.15) is 0 Å². The number of carbonyl (C=O) groups is 2. The van der Waals surface area contributed by atoms with E-state index < -0.39 is 6.04 Å². The molecule has 1 aromatic rings. The molecule has 0 bridgehead atoms. The molecule has 0 saturated carbocycles. The summed E-state index contributed by atoms with van der Waals surface area (Å²) in [4.78, 5) is 30.4. The Balaban J connectivity index is 1.85. The third kappa shape index (κ3) is 5.58. The van der Waals surface area contributed by atoms with Gasteiger partial charge in [-0.15, -0.1) is 0 Å². The zero-order valence-electron chi connectivity index (χ0n) is 14.2. The Morgan fingerprint density at radius 2 is 2.38 bits per heavy atom. The fourth-order valence-corrected chi connectivity index (χ4v) is 2.54. The predicted octanol–water partition coefficient (Wildman–Crippen LogP) is 0.315. The maximum Gasteiger partial charge on any atom is 0.249 e. The number of rotatable bonds is 8. The lowest BCUT2D eigenvalue weighted by molar-refractivity contribution is -0.145. The average Bonchev–Trinajstić information content (AvgIpc) is 2.64. The number of hydrogen-bond donors (Lipinski definition) is 2. The number of ether oxygens (including phenoxy) is 1. The van der Waals surface area contributed by atoms with E-state index in [2.05, 4.69) is 22.5 Å². The van der Waals surface area contributed by atoms with Crippen LogP contribution in [-0.4, -0.2) is 60.6 Å². The number of carbonyl (C=O) groups excluding carboxylic acids is 2. The van der Waals surface area contributed by atoms with Crippen molar-refractivity contribution in [3.05, 3.63) is 30.1 Å². The fourth-order valence-electron chi connectivity index (χ4n) is 2.54. The van der Waals surface area contributed by atoms with E-state index >= 15 is 0 Å². The molecule has 1 aliphatic rings. The SMILES string of the molecule is CCCCOCC(=O)N1CCNC[C@H]1C(=O)NCc1cccnc1. The zero-order valence-corrected chi connectivity index (χ0v) is 14.2. The molecule has 2 amide bonds. The Labute approximate surface area is 142 Å². The van der Waals surface area contributed by atoms with E-state index in [1.807, 2.05) is 12.1 Å². The van der Waals surface area contributed by atoms with Gasteiger partial charge in [0, 0.05) is 45.2 Å². The molecule has 24 heavy (non-hydrogen) atoms. The van der Waals surface area contributed by atoms with Crippen molar-refractivity contribution in [2.45, 2.75) is 32.4 Å². The van der Waals surface area contributed by atoms with Crippen molar-refractivity contribution in [1.29, 1.82) is 0 Å². The van der Waals surface area contributed by atoms with Crippen LogP contribution >= 0.6 is 0 Å². The summed E-state index contributed by atoms with van der Waals surface area (Å²) in [6.07, 6.45) is 5.37. The highest BCUT2D eigenvalue weighted by molar-refractivity contribution is 5.88. The molecule has 0 spiro atoms. The van der Waals surface area contributed by atoms with Crippen molar-refractivity contribution >= 4 is 11.8 Å². The van der Waals surface area contributed by atoms with E-state index in [0.29, 0.717) is 32.8 Å². The summed E-state index contributed by atoms with van der Waals surface area (Å²) in [6, 6.07) is 3.22. The van der Waals surface area contributed by atoms with Gasteiger partial charge >= 0.3 is 0 Å². The second-order valence-electron chi connectivity index (χ2n) is 5.79. The Morgan fingerprint density at radius 1 is 1.50 bits per heavy atom. The zero-order chi connectivity index (χ0) is 17.2. The largest absolute Gasteiger partial charge is 0.372 e. The summed E-state index contributed by atoms with van der Waals surface area (Å²) in [6.45, 7) is 4.74. The lowest BCUT2D eigenvalue weighted by Crippen LogP contribution is -2.60. The van der Waals surface area contributed by atoms with Crippen LogP contribution in [0.15, 0.2) is 24.5 Å². The minimum absolute atomic E-state index is 0.0341. The van der Waals surface area contributed by atoms with E-state index in [4.69, 9.17) is 4.74 Å². The Kier molecular flexibility index (Phi) is 7.64. The summed E-state index contributed by atoms with van der Waals surface area (Å²) in [5, 5.41) is 6.04. The van der Waals surface area contributed by atoms with Crippen LogP contribution in [0.5, 0.6) is 0 Å². The van der Waals surface area contributed by atoms with Gasteiger partial charge in [0.2, 0.25) is 11.8 Å². The van der Waals surface area contributed by atoms with Gasteiger partial charge in [-0.05, 0) is 18.1 Å². The fraction of sp³-hybridized carbons (Fsp3) is 0.588. The molecule has 7 heteroatoms. The first-order valence-electron chi connectivity index (χ1n) is 8.47. The standard InChI is InChI=1S/C17H26N4O3/c1-2-3-9-24-13-16(22)21-8-7-19-12-15(21)17(23)20-11-14-5-4-6-18-10-14/h4-6,10,15,19H,2-3,7-9,11-13H2,1H3,(H,20,23)/t15-/m0/s1. The van der Waals surface area contributed by atoms with E-state index in [-0.39, 0.29) is 18.4 Å². The van der Waals surface area contributed by atoms with Crippen molar-refractivity contribution in [1.82, 2.24) is 20.5 Å². The normalized spacial score (nSPS) is 17.5.